The average molecular weight is 351 g/mol. The second-order valence-electron chi connectivity index (χ2n) is 3.96. The molecule has 0 radical (unpaired) electrons. The van der Waals surface area contributed by atoms with Crippen LogP contribution in [0, 0.1) is 5.92 Å². The number of aliphatic carboxylic acids is 2. The topological polar surface area (TPSA) is 80.3 Å². The summed E-state index contributed by atoms with van der Waals surface area (Å²) in [6, 6.07) is 4.21. The molecule has 1 aromatic carbocycles. The van der Waals surface area contributed by atoms with Gasteiger partial charge in [-0.25, -0.2) is 0 Å². The molecule has 1 fully saturated rings. The molecule has 0 N–H and O–H groups in total. The Morgan fingerprint density at radius 1 is 1.16 bits per heavy atom. The smallest absolute Gasteiger partial charge is 0.550 e. The minimum atomic E-state index is -1.53. The minimum absolute atomic E-state index is 0. The summed E-state index contributed by atoms with van der Waals surface area (Å²) in [6.07, 6.45) is -0.0460. The van der Waals surface area contributed by atoms with Gasteiger partial charge in [0.25, 0.3) is 0 Å². The van der Waals surface area contributed by atoms with E-state index < -0.39 is 23.3 Å². The summed E-state index contributed by atoms with van der Waals surface area (Å²) in [5.74, 6) is -3.92. The second kappa shape index (κ2) is 8.03. The Bertz CT molecular complexity index is 523. The van der Waals surface area contributed by atoms with E-state index in [0.717, 1.165) is 0 Å². The molecule has 1 aliphatic rings. The van der Waals surface area contributed by atoms with Gasteiger partial charge in [0.05, 0.1) is 16.0 Å². The van der Waals surface area contributed by atoms with Crippen LogP contribution in [0.3, 0.4) is 0 Å². The molecular formula is C11H6Cl2K2O4. The molecule has 1 aromatic rings. The number of carboxylic acid groups (broad SMARTS) is 2. The van der Waals surface area contributed by atoms with Crippen LogP contribution in [0.5, 0.6) is 0 Å². The van der Waals surface area contributed by atoms with Crippen LogP contribution in [0.2, 0.25) is 10.0 Å². The third-order valence-electron chi connectivity index (χ3n) is 3.04. The van der Waals surface area contributed by atoms with Crippen LogP contribution in [0.15, 0.2) is 18.2 Å². The van der Waals surface area contributed by atoms with E-state index in [1.54, 1.807) is 0 Å². The van der Waals surface area contributed by atoms with Gasteiger partial charge >= 0.3 is 103 Å². The monoisotopic (exact) mass is 350 g/mol. The number of halogens is 2. The molecule has 19 heavy (non-hydrogen) atoms. The van der Waals surface area contributed by atoms with Crippen LogP contribution >= 0.6 is 23.2 Å². The molecule has 0 aromatic heterocycles. The van der Waals surface area contributed by atoms with Crippen molar-refractivity contribution in [2.75, 3.05) is 0 Å². The number of hydrogen-bond acceptors (Lipinski definition) is 4. The maximum Gasteiger partial charge on any atom is 1.00 e. The van der Waals surface area contributed by atoms with Crippen LogP contribution in [0.1, 0.15) is 12.0 Å². The van der Waals surface area contributed by atoms with Crippen LogP contribution in [-0.4, -0.2) is 11.9 Å². The first kappa shape index (κ1) is 21.0. The summed E-state index contributed by atoms with van der Waals surface area (Å²) >= 11 is 11.5. The Kier molecular flexibility index (Phi) is 8.88. The molecular weight excluding hydrogens is 345 g/mol. The van der Waals surface area contributed by atoms with Crippen molar-refractivity contribution in [2.45, 2.75) is 11.8 Å². The molecule has 4 nitrogen and oxygen atoms in total. The normalized spacial score (nSPS) is 23.8. The Morgan fingerprint density at radius 3 is 2.11 bits per heavy atom. The molecule has 1 aliphatic carbocycles. The van der Waals surface area contributed by atoms with Gasteiger partial charge in [-0.3, -0.25) is 0 Å². The number of hydrogen-bond donors (Lipinski definition) is 0. The van der Waals surface area contributed by atoms with Gasteiger partial charge in [0.15, 0.2) is 0 Å². The van der Waals surface area contributed by atoms with Gasteiger partial charge in [-0.15, -0.1) is 0 Å². The minimum Gasteiger partial charge on any atom is -0.550 e. The van der Waals surface area contributed by atoms with Crippen molar-refractivity contribution in [1.29, 1.82) is 0 Å². The van der Waals surface area contributed by atoms with Crippen molar-refractivity contribution in [3.63, 3.8) is 0 Å². The first-order valence-corrected chi connectivity index (χ1v) is 5.53. The molecule has 0 heterocycles. The van der Waals surface area contributed by atoms with E-state index >= 15 is 0 Å². The predicted octanol–water partition coefficient (Wildman–Crippen LogP) is -6.24. The van der Waals surface area contributed by atoms with Gasteiger partial charge in [-0.05, 0) is 24.1 Å². The van der Waals surface area contributed by atoms with E-state index in [4.69, 9.17) is 23.2 Å². The van der Waals surface area contributed by atoms with Crippen molar-refractivity contribution in [1.82, 2.24) is 0 Å². The summed E-state index contributed by atoms with van der Waals surface area (Å²) in [4.78, 5) is 21.9. The molecule has 2 atom stereocenters. The zero-order valence-corrected chi connectivity index (χ0v) is 18.2. The number of carbonyl (C=O) groups is 2. The van der Waals surface area contributed by atoms with E-state index in [0.29, 0.717) is 0 Å². The summed E-state index contributed by atoms with van der Waals surface area (Å²) in [6.45, 7) is 0. The SMILES string of the molecule is O=C([O-])C1CC1(C(=O)[O-])c1ccc(Cl)c(Cl)c1.[K+].[K+]. The molecule has 0 aliphatic heterocycles. The fraction of sp³-hybridized carbons (Fsp3) is 0.273. The van der Waals surface area contributed by atoms with Gasteiger partial charge in [-0.1, -0.05) is 29.3 Å². The summed E-state index contributed by atoms with van der Waals surface area (Å²) in [7, 11) is 0. The maximum absolute atomic E-state index is 11.1. The van der Waals surface area contributed by atoms with Crippen molar-refractivity contribution in [2.24, 2.45) is 5.92 Å². The molecule has 2 unspecified atom stereocenters. The zero-order chi connectivity index (χ0) is 12.8. The summed E-state index contributed by atoms with van der Waals surface area (Å²) < 4.78 is 0. The number of carbonyl (C=O) groups excluding carboxylic acids is 2. The molecule has 8 heteroatoms. The third kappa shape index (κ3) is 4.06. The van der Waals surface area contributed by atoms with Crippen molar-refractivity contribution >= 4 is 35.1 Å². The van der Waals surface area contributed by atoms with Gasteiger partial charge in [-0.2, -0.15) is 0 Å². The molecule has 2 rings (SSSR count). The Hall–Kier alpha value is 2.01. The Morgan fingerprint density at radius 2 is 1.74 bits per heavy atom. The van der Waals surface area contributed by atoms with Crippen LogP contribution in [0.4, 0.5) is 0 Å². The molecule has 0 bridgehead atoms. The number of rotatable bonds is 3. The maximum atomic E-state index is 11.1. The van der Waals surface area contributed by atoms with E-state index in [2.05, 4.69) is 0 Å². The van der Waals surface area contributed by atoms with E-state index in [9.17, 15) is 19.8 Å². The van der Waals surface area contributed by atoms with Gasteiger partial charge < -0.3 is 19.8 Å². The molecule has 0 amide bonds. The van der Waals surface area contributed by atoms with Gasteiger partial charge in [0.1, 0.15) is 0 Å². The fourth-order valence-corrected chi connectivity index (χ4v) is 2.28. The number of benzene rings is 1. The van der Waals surface area contributed by atoms with Crippen molar-refractivity contribution in [3.05, 3.63) is 33.8 Å². The largest absolute Gasteiger partial charge is 1.00 e. The van der Waals surface area contributed by atoms with Crippen molar-refractivity contribution in [3.8, 4) is 0 Å². The first-order valence-electron chi connectivity index (χ1n) is 4.77. The summed E-state index contributed by atoms with van der Waals surface area (Å²) in [5.41, 5.74) is -1.26. The zero-order valence-electron chi connectivity index (χ0n) is 10.4. The van der Waals surface area contributed by atoms with Crippen LogP contribution in [-0.2, 0) is 15.0 Å². The quantitative estimate of drug-likeness (QED) is 0.508. The summed E-state index contributed by atoms with van der Waals surface area (Å²) in [5, 5.41) is 22.3. The van der Waals surface area contributed by atoms with E-state index in [1.807, 2.05) is 0 Å². The molecule has 0 saturated heterocycles. The number of carboxylic acids is 2. The van der Waals surface area contributed by atoms with Crippen LogP contribution in [0.25, 0.3) is 0 Å². The molecule has 90 valence electrons. The average Bonchev–Trinajstić information content (AvgIpc) is 2.98. The molecule has 1 saturated carbocycles. The Labute approximate surface area is 205 Å². The van der Waals surface area contributed by atoms with Gasteiger partial charge in [0, 0.05) is 17.3 Å². The molecule has 0 spiro atoms. The Balaban J connectivity index is 0.00000162. The van der Waals surface area contributed by atoms with E-state index in [-0.39, 0.29) is 125 Å². The van der Waals surface area contributed by atoms with Gasteiger partial charge in [0.2, 0.25) is 0 Å². The third-order valence-corrected chi connectivity index (χ3v) is 3.78. The predicted molar refractivity (Wildman–Crippen MR) is 56.3 cm³/mol. The van der Waals surface area contributed by atoms with E-state index in [1.165, 1.54) is 18.2 Å². The fourth-order valence-electron chi connectivity index (χ4n) is 1.98. The van der Waals surface area contributed by atoms with Crippen molar-refractivity contribution < 1.29 is 123 Å². The second-order valence-corrected chi connectivity index (χ2v) is 4.78. The standard InChI is InChI=1S/C11H8Cl2O4.2K/c12-7-2-1-5(3-8(7)13)11(10(16)17)4-6(11)9(14)15;;/h1-3,6H,4H2,(H,14,15)(H,16,17);;/q;2*+1/p-2. The first-order chi connectivity index (χ1) is 7.89. The van der Waals surface area contributed by atoms with Crippen LogP contribution < -0.4 is 113 Å².